The molecule has 4 heterocycles. The van der Waals surface area contributed by atoms with Crippen molar-refractivity contribution in [1.82, 2.24) is 24.3 Å². The number of amides is 2. The van der Waals surface area contributed by atoms with Crippen LogP contribution in [0.2, 0.25) is 0 Å². The van der Waals surface area contributed by atoms with E-state index < -0.39 is 0 Å². The van der Waals surface area contributed by atoms with E-state index in [-0.39, 0.29) is 17.4 Å². The zero-order valence-corrected chi connectivity index (χ0v) is 22.9. The second kappa shape index (κ2) is 11.9. The lowest BCUT2D eigenvalue weighted by Gasteiger charge is -2.38. The fourth-order valence-electron chi connectivity index (χ4n) is 5.03. The molecule has 3 aromatic rings. The maximum absolute atomic E-state index is 12.7. The van der Waals surface area contributed by atoms with Crippen molar-refractivity contribution < 1.29 is 9.59 Å². The lowest BCUT2D eigenvalue weighted by molar-refractivity contribution is -0.132. The van der Waals surface area contributed by atoms with Crippen LogP contribution in [0.4, 0.5) is 17.3 Å². The van der Waals surface area contributed by atoms with Crippen molar-refractivity contribution >= 4 is 51.9 Å². The highest BCUT2D eigenvalue weighted by atomic mass is 32.2. The molecule has 2 aliphatic rings. The Bertz CT molecular complexity index is 1410. The van der Waals surface area contributed by atoms with E-state index in [4.69, 9.17) is 0 Å². The number of nitrogens with one attached hydrogen (secondary N) is 1. The van der Waals surface area contributed by atoms with Crippen molar-refractivity contribution in [2.45, 2.75) is 13.0 Å². The van der Waals surface area contributed by atoms with Gasteiger partial charge in [-0.3, -0.25) is 19.0 Å². The van der Waals surface area contributed by atoms with Crippen LogP contribution in [0.5, 0.6) is 0 Å². The molecular weight excluding hydrogens is 514 g/mol. The van der Waals surface area contributed by atoms with Crippen molar-refractivity contribution in [1.29, 1.82) is 0 Å². The van der Waals surface area contributed by atoms with Crippen LogP contribution >= 0.6 is 11.8 Å². The number of hydrogen-bond acceptors (Lipinski definition) is 8. The highest BCUT2D eigenvalue weighted by Gasteiger charge is 2.29. The number of pyridine rings is 1. The fraction of sp³-hybridized carbons (Fsp3) is 0.393. The Kier molecular flexibility index (Phi) is 8.16. The van der Waals surface area contributed by atoms with Gasteiger partial charge in [0.15, 0.2) is 0 Å². The number of piperazine rings is 1. The number of carbonyl (C=O) groups excluding carboxylic acids is 2. The van der Waals surface area contributed by atoms with Crippen molar-refractivity contribution in [3.8, 4) is 0 Å². The minimum absolute atomic E-state index is 0.0502. The first-order chi connectivity index (χ1) is 18.9. The van der Waals surface area contributed by atoms with E-state index in [1.54, 1.807) is 39.6 Å². The minimum atomic E-state index is -0.106. The summed E-state index contributed by atoms with van der Waals surface area (Å²) in [4.78, 5) is 51.6. The number of rotatable bonds is 9. The molecular formula is C28H33N7O3S. The number of carbonyl (C=O) groups is 2. The second-order valence-corrected chi connectivity index (χ2v) is 10.7. The van der Waals surface area contributed by atoms with Gasteiger partial charge in [0, 0.05) is 74.8 Å². The average Bonchev–Trinajstić information content (AvgIpc) is 2.93. The summed E-state index contributed by atoms with van der Waals surface area (Å²) >= 11 is 1.56. The average molecular weight is 548 g/mol. The van der Waals surface area contributed by atoms with Crippen molar-refractivity contribution in [3.63, 3.8) is 0 Å². The summed E-state index contributed by atoms with van der Waals surface area (Å²) in [6, 6.07) is 11.4. The molecule has 11 heteroatoms. The van der Waals surface area contributed by atoms with E-state index in [1.807, 2.05) is 23.3 Å². The highest BCUT2D eigenvalue weighted by Crippen LogP contribution is 2.23. The van der Waals surface area contributed by atoms with Crippen molar-refractivity contribution in [3.05, 3.63) is 65.6 Å². The van der Waals surface area contributed by atoms with Gasteiger partial charge in [0.1, 0.15) is 5.65 Å². The van der Waals surface area contributed by atoms with E-state index in [0.717, 1.165) is 49.4 Å². The van der Waals surface area contributed by atoms with Gasteiger partial charge in [-0.25, -0.2) is 4.98 Å². The molecule has 0 bridgehead atoms. The first-order valence-electron chi connectivity index (χ1n) is 13.1. The van der Waals surface area contributed by atoms with Crippen LogP contribution in [-0.2, 0) is 16.1 Å². The van der Waals surface area contributed by atoms with E-state index >= 15 is 0 Å². The molecule has 0 radical (unpaired) electrons. The molecule has 2 fully saturated rings. The quantitative estimate of drug-likeness (QED) is 0.408. The molecule has 1 N–H and O–H groups in total. The third kappa shape index (κ3) is 6.08. The Morgan fingerprint density at radius 2 is 1.82 bits per heavy atom. The SMILES string of the molecule is C=CC(=O)N1CC(CCn2c(=O)ccc3cnc(Nc4ccc(N5CCN(C(=O)CSC)CC5)cc4)nc32)C1. The highest BCUT2D eigenvalue weighted by molar-refractivity contribution is 7.99. The first-order valence-corrected chi connectivity index (χ1v) is 14.5. The van der Waals surface area contributed by atoms with Gasteiger partial charge in [0.25, 0.3) is 5.56 Å². The summed E-state index contributed by atoms with van der Waals surface area (Å²) in [5, 5.41) is 4.05. The number of aryl methyl sites for hydroxylation is 1. The number of hydrogen-bond donors (Lipinski definition) is 1. The Morgan fingerprint density at radius 1 is 1.08 bits per heavy atom. The number of benzene rings is 1. The molecule has 0 spiro atoms. The second-order valence-electron chi connectivity index (χ2n) is 9.87. The van der Waals surface area contributed by atoms with Gasteiger partial charge in [-0.1, -0.05) is 6.58 Å². The number of likely N-dealkylation sites (tertiary alicyclic amines) is 1. The Labute approximate surface area is 231 Å². The Balaban J connectivity index is 1.22. The standard InChI is InChI=1S/C28H33N7O3S/c1-3-24(36)34-17-20(18-34)10-11-35-25(37)9-4-21-16-29-28(31-27(21)35)30-22-5-7-23(8-6-22)32-12-14-33(15-13-32)26(38)19-39-2/h3-9,16,20H,1,10-15,17-19H2,2H3,(H,29,30,31). The zero-order chi connectivity index (χ0) is 27.4. The fourth-order valence-corrected chi connectivity index (χ4v) is 5.46. The lowest BCUT2D eigenvalue weighted by atomic mass is 9.96. The summed E-state index contributed by atoms with van der Waals surface area (Å²) in [6.45, 7) is 8.52. The van der Waals surface area contributed by atoms with Crippen LogP contribution in [-0.4, -0.2) is 87.4 Å². The summed E-state index contributed by atoms with van der Waals surface area (Å²) in [6.07, 6.45) is 5.79. The van der Waals surface area contributed by atoms with E-state index in [0.29, 0.717) is 42.9 Å². The predicted molar refractivity (Wildman–Crippen MR) is 156 cm³/mol. The van der Waals surface area contributed by atoms with E-state index in [2.05, 4.69) is 38.9 Å². The molecule has 2 aromatic heterocycles. The third-order valence-corrected chi connectivity index (χ3v) is 7.85. The minimum Gasteiger partial charge on any atom is -0.368 e. The number of thioether (sulfide) groups is 1. The molecule has 204 valence electrons. The molecule has 39 heavy (non-hydrogen) atoms. The maximum atomic E-state index is 12.7. The zero-order valence-electron chi connectivity index (χ0n) is 22.1. The maximum Gasteiger partial charge on any atom is 0.252 e. The summed E-state index contributed by atoms with van der Waals surface area (Å²) in [7, 11) is 0. The number of anilines is 3. The molecule has 1 aromatic carbocycles. The smallest absolute Gasteiger partial charge is 0.252 e. The Morgan fingerprint density at radius 3 is 2.51 bits per heavy atom. The largest absolute Gasteiger partial charge is 0.368 e. The third-order valence-electron chi connectivity index (χ3n) is 7.32. The summed E-state index contributed by atoms with van der Waals surface area (Å²) in [5.41, 5.74) is 2.43. The number of nitrogens with zero attached hydrogens (tertiary/aromatic N) is 6. The van der Waals surface area contributed by atoms with Crippen LogP contribution in [0.15, 0.2) is 60.0 Å². The molecule has 2 amide bonds. The van der Waals surface area contributed by atoms with Crippen LogP contribution in [0.1, 0.15) is 6.42 Å². The summed E-state index contributed by atoms with van der Waals surface area (Å²) in [5.74, 6) is 1.46. The van der Waals surface area contributed by atoms with Gasteiger partial charge in [-0.05, 0) is 55.0 Å². The van der Waals surface area contributed by atoms with Gasteiger partial charge >= 0.3 is 0 Å². The van der Waals surface area contributed by atoms with Crippen LogP contribution in [0.25, 0.3) is 11.0 Å². The van der Waals surface area contributed by atoms with Crippen molar-refractivity contribution in [2.75, 3.05) is 61.5 Å². The molecule has 2 saturated heterocycles. The normalized spacial score (nSPS) is 15.8. The molecule has 0 atom stereocenters. The number of fused-ring (bicyclic) bond motifs is 1. The summed E-state index contributed by atoms with van der Waals surface area (Å²) < 4.78 is 1.69. The molecule has 5 rings (SSSR count). The predicted octanol–water partition coefficient (Wildman–Crippen LogP) is 2.58. The molecule has 0 saturated carbocycles. The van der Waals surface area contributed by atoms with E-state index in [9.17, 15) is 14.4 Å². The van der Waals surface area contributed by atoms with Crippen LogP contribution in [0.3, 0.4) is 0 Å². The topological polar surface area (TPSA) is 104 Å². The van der Waals surface area contributed by atoms with Crippen LogP contribution in [0, 0.1) is 5.92 Å². The van der Waals surface area contributed by atoms with Gasteiger partial charge in [-0.2, -0.15) is 16.7 Å². The number of aromatic nitrogens is 3. The monoisotopic (exact) mass is 547 g/mol. The van der Waals surface area contributed by atoms with Crippen molar-refractivity contribution in [2.24, 2.45) is 5.92 Å². The van der Waals surface area contributed by atoms with Gasteiger partial charge < -0.3 is 20.0 Å². The molecule has 0 aliphatic carbocycles. The Hall–Kier alpha value is -3.86. The molecule has 2 aliphatic heterocycles. The van der Waals surface area contributed by atoms with Crippen LogP contribution < -0.4 is 15.8 Å². The lowest BCUT2D eigenvalue weighted by Crippen LogP contribution is -2.49. The van der Waals surface area contributed by atoms with Gasteiger partial charge in [-0.15, -0.1) is 0 Å². The van der Waals surface area contributed by atoms with Gasteiger partial charge in [0.2, 0.25) is 17.8 Å². The van der Waals surface area contributed by atoms with E-state index in [1.165, 1.54) is 6.08 Å². The van der Waals surface area contributed by atoms with Gasteiger partial charge in [0.05, 0.1) is 5.75 Å². The molecule has 10 nitrogen and oxygen atoms in total. The molecule has 0 unspecified atom stereocenters. The first kappa shape index (κ1) is 26.7.